The lowest BCUT2D eigenvalue weighted by atomic mass is 10.2. The fourth-order valence-electron chi connectivity index (χ4n) is 1.51. The molecule has 2 aromatic rings. The van der Waals surface area contributed by atoms with Crippen molar-refractivity contribution in [2.24, 2.45) is 5.10 Å². The van der Waals surface area contributed by atoms with Gasteiger partial charge in [0.2, 0.25) is 0 Å². The minimum atomic E-state index is 0.501. The Kier molecular flexibility index (Phi) is 1.45. The molecule has 0 spiro atoms. The minimum Gasteiger partial charge on any atom is -0.340 e. The number of aromatic amines is 1. The van der Waals surface area contributed by atoms with Crippen molar-refractivity contribution in [1.82, 2.24) is 15.4 Å². The van der Waals surface area contributed by atoms with Crippen LogP contribution in [0.25, 0.3) is 10.3 Å². The monoisotopic (exact) mass is 206 g/mol. The number of nitrogens with one attached hydrogen (secondary N) is 2. The number of hydrogen-bond donors (Lipinski definition) is 2. The van der Waals surface area contributed by atoms with Crippen molar-refractivity contribution in [1.29, 1.82) is 0 Å². The zero-order valence-electron chi connectivity index (χ0n) is 7.07. The van der Waals surface area contributed by atoms with Crippen molar-refractivity contribution in [3.8, 4) is 0 Å². The van der Waals surface area contributed by atoms with Gasteiger partial charge in [0.25, 0.3) is 0 Å². The summed E-state index contributed by atoms with van der Waals surface area (Å²) in [5.41, 5.74) is 5.76. The molecular weight excluding hydrogens is 200 g/mol. The van der Waals surface area contributed by atoms with Crippen LogP contribution in [0.2, 0.25) is 0 Å². The SMILES string of the molecule is O=Cc1nc2[nH]c3c(c2s1)C=NNC3. The van der Waals surface area contributed by atoms with E-state index in [0.29, 0.717) is 11.6 Å². The number of nitrogens with zero attached hydrogens (tertiary/aromatic N) is 2. The van der Waals surface area contributed by atoms with E-state index in [-0.39, 0.29) is 0 Å². The number of fused-ring (bicyclic) bond motifs is 3. The number of rotatable bonds is 1. The van der Waals surface area contributed by atoms with Gasteiger partial charge in [-0.15, -0.1) is 11.3 Å². The summed E-state index contributed by atoms with van der Waals surface area (Å²) >= 11 is 1.39. The Balaban J connectivity index is 2.33. The Hall–Kier alpha value is -1.69. The maximum absolute atomic E-state index is 10.5. The Morgan fingerprint density at radius 1 is 1.57 bits per heavy atom. The predicted octanol–water partition coefficient (Wildman–Crippen LogP) is 0.874. The summed E-state index contributed by atoms with van der Waals surface area (Å²) in [6, 6.07) is 0. The third kappa shape index (κ3) is 0.912. The molecule has 0 saturated carbocycles. The van der Waals surface area contributed by atoms with Crippen LogP contribution < -0.4 is 5.43 Å². The number of aromatic nitrogens is 2. The van der Waals surface area contributed by atoms with Gasteiger partial charge < -0.3 is 10.4 Å². The summed E-state index contributed by atoms with van der Waals surface area (Å²) < 4.78 is 1.01. The number of hydrazone groups is 1. The minimum absolute atomic E-state index is 0.501. The number of thiazole rings is 1. The van der Waals surface area contributed by atoms with Crippen molar-refractivity contribution in [3.63, 3.8) is 0 Å². The topological polar surface area (TPSA) is 70.1 Å². The van der Waals surface area contributed by atoms with Gasteiger partial charge in [0.15, 0.2) is 11.3 Å². The smallest absolute Gasteiger partial charge is 0.178 e. The van der Waals surface area contributed by atoms with E-state index < -0.39 is 0 Å². The highest BCUT2D eigenvalue weighted by Gasteiger charge is 2.16. The third-order valence-corrected chi connectivity index (χ3v) is 3.14. The first-order chi connectivity index (χ1) is 6.88. The maximum Gasteiger partial charge on any atom is 0.178 e. The fraction of sp³-hybridized carbons (Fsp3) is 0.125. The second-order valence-electron chi connectivity index (χ2n) is 2.96. The molecule has 3 heterocycles. The largest absolute Gasteiger partial charge is 0.340 e. The van der Waals surface area contributed by atoms with Crippen LogP contribution in [0.15, 0.2) is 5.10 Å². The molecule has 70 valence electrons. The average molecular weight is 206 g/mol. The maximum atomic E-state index is 10.5. The van der Waals surface area contributed by atoms with E-state index in [1.165, 1.54) is 11.3 Å². The lowest BCUT2D eigenvalue weighted by Crippen LogP contribution is -2.12. The standard InChI is InChI=1S/C8H6N4OS/c13-3-6-12-8-7(14-6)4-1-9-10-2-5(4)11-8/h1,3,10-11H,2H2. The molecule has 1 aliphatic heterocycles. The van der Waals surface area contributed by atoms with Crippen LogP contribution in [0.1, 0.15) is 21.1 Å². The molecule has 2 aromatic heterocycles. The number of H-pyrrole nitrogens is 1. The number of carbonyl (C=O) groups is 1. The summed E-state index contributed by atoms with van der Waals surface area (Å²) in [7, 11) is 0. The van der Waals surface area contributed by atoms with E-state index in [0.717, 1.165) is 27.9 Å². The molecule has 3 rings (SSSR count). The molecule has 0 aliphatic carbocycles. The van der Waals surface area contributed by atoms with Crippen molar-refractivity contribution in [2.45, 2.75) is 6.54 Å². The Morgan fingerprint density at radius 2 is 2.50 bits per heavy atom. The van der Waals surface area contributed by atoms with E-state index in [4.69, 9.17) is 0 Å². The zero-order valence-corrected chi connectivity index (χ0v) is 7.89. The van der Waals surface area contributed by atoms with Crippen LogP contribution in [0.3, 0.4) is 0 Å². The van der Waals surface area contributed by atoms with Crippen molar-refractivity contribution < 1.29 is 4.79 Å². The molecule has 0 atom stereocenters. The summed E-state index contributed by atoms with van der Waals surface area (Å²) in [5, 5.41) is 4.47. The van der Waals surface area contributed by atoms with Gasteiger partial charge in [0.05, 0.1) is 17.5 Å². The molecule has 0 fully saturated rings. The van der Waals surface area contributed by atoms with Gasteiger partial charge in [0, 0.05) is 11.3 Å². The summed E-state index contributed by atoms with van der Waals surface area (Å²) in [6.07, 6.45) is 2.52. The van der Waals surface area contributed by atoms with Crippen LogP contribution in [0, 0.1) is 0 Å². The van der Waals surface area contributed by atoms with E-state index in [9.17, 15) is 4.79 Å². The molecule has 0 saturated heterocycles. The molecule has 5 nitrogen and oxygen atoms in total. The highest BCUT2D eigenvalue weighted by Crippen LogP contribution is 2.27. The highest BCUT2D eigenvalue weighted by atomic mass is 32.1. The summed E-state index contributed by atoms with van der Waals surface area (Å²) in [6.45, 7) is 0.686. The summed E-state index contributed by atoms with van der Waals surface area (Å²) in [4.78, 5) is 17.8. The van der Waals surface area contributed by atoms with E-state index in [1.807, 2.05) is 0 Å². The fourth-order valence-corrected chi connectivity index (χ4v) is 2.39. The van der Waals surface area contributed by atoms with Crippen LogP contribution in [-0.2, 0) is 6.54 Å². The Morgan fingerprint density at radius 3 is 3.36 bits per heavy atom. The second kappa shape index (κ2) is 2.65. The van der Waals surface area contributed by atoms with Gasteiger partial charge in [-0.25, -0.2) is 4.98 Å². The van der Waals surface area contributed by atoms with Crippen LogP contribution in [-0.4, -0.2) is 22.5 Å². The number of hydrogen-bond acceptors (Lipinski definition) is 5. The predicted molar refractivity (Wildman–Crippen MR) is 53.8 cm³/mol. The Bertz CT molecular complexity index is 539. The molecule has 2 N–H and O–H groups in total. The van der Waals surface area contributed by atoms with E-state index in [1.54, 1.807) is 6.21 Å². The molecule has 0 aromatic carbocycles. The van der Waals surface area contributed by atoms with E-state index in [2.05, 4.69) is 20.5 Å². The first-order valence-corrected chi connectivity index (χ1v) is 4.92. The molecule has 0 bridgehead atoms. The van der Waals surface area contributed by atoms with Crippen molar-refractivity contribution in [2.75, 3.05) is 0 Å². The van der Waals surface area contributed by atoms with E-state index >= 15 is 0 Å². The molecule has 0 unspecified atom stereocenters. The zero-order chi connectivity index (χ0) is 9.54. The highest BCUT2D eigenvalue weighted by molar-refractivity contribution is 7.20. The van der Waals surface area contributed by atoms with Crippen LogP contribution in [0.5, 0.6) is 0 Å². The van der Waals surface area contributed by atoms with Gasteiger partial charge in [-0.05, 0) is 0 Å². The normalized spacial score (nSPS) is 14.0. The molecule has 6 heteroatoms. The average Bonchev–Trinajstić information content (AvgIpc) is 2.73. The summed E-state index contributed by atoms with van der Waals surface area (Å²) in [5.74, 6) is 0. The lowest BCUT2D eigenvalue weighted by Gasteiger charge is -2.04. The van der Waals surface area contributed by atoms with Gasteiger partial charge in [-0.3, -0.25) is 4.79 Å². The molecule has 0 amide bonds. The first kappa shape index (κ1) is 7.69. The van der Waals surface area contributed by atoms with Crippen LogP contribution in [0.4, 0.5) is 0 Å². The molecule has 14 heavy (non-hydrogen) atoms. The van der Waals surface area contributed by atoms with Crippen molar-refractivity contribution >= 4 is 34.2 Å². The third-order valence-electron chi connectivity index (χ3n) is 2.12. The molecular formula is C8H6N4OS. The number of carbonyl (C=O) groups excluding carboxylic acids is 1. The first-order valence-electron chi connectivity index (χ1n) is 4.11. The van der Waals surface area contributed by atoms with Gasteiger partial charge in [0.1, 0.15) is 5.65 Å². The Labute approximate surface area is 82.8 Å². The second-order valence-corrected chi connectivity index (χ2v) is 3.99. The van der Waals surface area contributed by atoms with Gasteiger partial charge in [-0.1, -0.05) is 0 Å². The lowest BCUT2D eigenvalue weighted by molar-refractivity contribution is 0.112. The quantitative estimate of drug-likeness (QED) is 0.680. The molecule has 0 radical (unpaired) electrons. The number of aldehydes is 1. The van der Waals surface area contributed by atoms with Crippen molar-refractivity contribution in [3.05, 3.63) is 16.3 Å². The van der Waals surface area contributed by atoms with Gasteiger partial charge >= 0.3 is 0 Å². The van der Waals surface area contributed by atoms with Gasteiger partial charge in [-0.2, -0.15) is 5.10 Å². The van der Waals surface area contributed by atoms with Crippen LogP contribution >= 0.6 is 11.3 Å². The molecule has 1 aliphatic rings.